The molecule has 3 aromatic rings. The summed E-state index contributed by atoms with van der Waals surface area (Å²) in [6.45, 7) is 4.38. The average Bonchev–Trinajstić information content (AvgIpc) is 2.63. The maximum atomic E-state index is 2.28. The van der Waals surface area contributed by atoms with E-state index in [1.54, 1.807) is 0 Å². The lowest BCUT2D eigenvalue weighted by atomic mass is 9.98. The molecule has 0 aromatic heterocycles. The number of benzene rings is 3. The quantitative estimate of drug-likeness (QED) is 0.418. The van der Waals surface area contributed by atoms with Crippen LogP contribution >= 0.6 is 0 Å². The van der Waals surface area contributed by atoms with Crippen LogP contribution in [0.2, 0.25) is 0 Å². The highest BCUT2D eigenvalue weighted by Crippen LogP contribution is 2.25. The van der Waals surface area contributed by atoms with Gasteiger partial charge in [0.15, 0.2) is 0 Å². The molecule has 0 atom stereocenters. The van der Waals surface area contributed by atoms with Crippen LogP contribution < -0.4 is 0 Å². The van der Waals surface area contributed by atoms with Crippen molar-refractivity contribution in [2.45, 2.75) is 39.5 Å². The maximum Gasteiger partial charge on any atom is 0 e. The average molecular weight is 316 g/mol. The molecule has 0 aliphatic carbocycles. The fourth-order valence-corrected chi connectivity index (χ4v) is 3.04. The lowest BCUT2D eigenvalue weighted by Crippen LogP contribution is -1.86. The van der Waals surface area contributed by atoms with Crippen molar-refractivity contribution in [2.24, 2.45) is 0 Å². The van der Waals surface area contributed by atoms with Crippen LogP contribution in [0.15, 0.2) is 72.8 Å². The summed E-state index contributed by atoms with van der Waals surface area (Å²) in [5, 5.41) is 0. The third kappa shape index (κ3) is 4.14. The molecule has 0 heteroatoms. The molecule has 0 radical (unpaired) electrons. The molecular weight excluding hydrogens is 288 g/mol. The van der Waals surface area contributed by atoms with Gasteiger partial charge in [-0.3, -0.25) is 0 Å². The summed E-state index contributed by atoms with van der Waals surface area (Å²) in [5.41, 5.74) is 7.88. The van der Waals surface area contributed by atoms with Gasteiger partial charge in [0.05, 0.1) is 0 Å². The fraction of sp³-hybridized carbons (Fsp3) is 0.250. The molecule has 3 aromatic carbocycles. The van der Waals surface area contributed by atoms with E-state index in [-0.39, 0.29) is 1.43 Å². The summed E-state index contributed by atoms with van der Waals surface area (Å²) < 4.78 is 0. The van der Waals surface area contributed by atoms with Gasteiger partial charge in [-0.25, -0.2) is 0 Å². The zero-order valence-corrected chi connectivity index (χ0v) is 14.8. The molecule has 0 heterocycles. The van der Waals surface area contributed by atoms with Crippen molar-refractivity contribution in [2.75, 3.05) is 0 Å². The zero-order valence-electron chi connectivity index (χ0n) is 14.8. The van der Waals surface area contributed by atoms with Crippen LogP contribution in [0.4, 0.5) is 0 Å². The standard InChI is InChI=1S/C24H26.H2/c1-3-4-5-6-20-9-13-22(14-10-20)24-17-15-23(16-18-24)21-11-7-19(2)8-12-21;/h7-18H,3-6H2,1-2H3;1H. The first kappa shape index (κ1) is 16.5. The van der Waals surface area contributed by atoms with E-state index in [2.05, 4.69) is 86.6 Å². The minimum atomic E-state index is 0. The van der Waals surface area contributed by atoms with E-state index >= 15 is 0 Å². The Morgan fingerprint density at radius 1 is 0.583 bits per heavy atom. The van der Waals surface area contributed by atoms with Gasteiger partial charge in [0, 0.05) is 1.43 Å². The number of unbranched alkanes of at least 4 members (excludes halogenated alkanes) is 2. The van der Waals surface area contributed by atoms with Crippen molar-refractivity contribution in [3.05, 3.63) is 83.9 Å². The van der Waals surface area contributed by atoms with Crippen molar-refractivity contribution in [3.63, 3.8) is 0 Å². The molecule has 0 fully saturated rings. The molecule has 24 heavy (non-hydrogen) atoms. The van der Waals surface area contributed by atoms with Gasteiger partial charge in [0.2, 0.25) is 0 Å². The number of rotatable bonds is 6. The summed E-state index contributed by atoms with van der Waals surface area (Å²) in [5.74, 6) is 0. The van der Waals surface area contributed by atoms with Crippen molar-refractivity contribution < 1.29 is 1.43 Å². The molecule has 0 bridgehead atoms. The van der Waals surface area contributed by atoms with Crippen molar-refractivity contribution >= 4 is 0 Å². The van der Waals surface area contributed by atoms with E-state index in [0.717, 1.165) is 0 Å². The number of hydrogen-bond acceptors (Lipinski definition) is 0. The first-order valence-corrected chi connectivity index (χ1v) is 9.02. The van der Waals surface area contributed by atoms with Crippen molar-refractivity contribution in [3.8, 4) is 22.3 Å². The van der Waals surface area contributed by atoms with Crippen LogP contribution in [-0.4, -0.2) is 0 Å². The molecule has 0 nitrogen and oxygen atoms in total. The summed E-state index contributed by atoms with van der Waals surface area (Å²) in [6, 6.07) is 26.7. The first-order valence-electron chi connectivity index (χ1n) is 9.02. The van der Waals surface area contributed by atoms with E-state index < -0.39 is 0 Å². The highest BCUT2D eigenvalue weighted by molar-refractivity contribution is 5.70. The van der Waals surface area contributed by atoms with Gasteiger partial charge >= 0.3 is 0 Å². The Morgan fingerprint density at radius 3 is 1.46 bits per heavy atom. The Kier molecular flexibility index (Phi) is 5.48. The minimum Gasteiger partial charge on any atom is -0.0654 e. The van der Waals surface area contributed by atoms with Gasteiger partial charge < -0.3 is 0 Å². The van der Waals surface area contributed by atoms with Crippen molar-refractivity contribution in [1.29, 1.82) is 0 Å². The molecule has 0 aliphatic heterocycles. The lowest BCUT2D eigenvalue weighted by Gasteiger charge is -2.07. The Bertz CT molecular complexity index is 753. The molecule has 124 valence electrons. The number of aryl methyl sites for hydroxylation is 2. The normalized spacial score (nSPS) is 10.8. The Hall–Kier alpha value is -2.34. The summed E-state index contributed by atoms with van der Waals surface area (Å²) in [4.78, 5) is 0. The largest absolute Gasteiger partial charge is 0.0654 e. The van der Waals surface area contributed by atoms with E-state index in [0.29, 0.717) is 0 Å². The van der Waals surface area contributed by atoms with Crippen LogP contribution in [0.1, 0.15) is 38.7 Å². The molecule has 0 amide bonds. The minimum absolute atomic E-state index is 0. The Labute approximate surface area is 147 Å². The highest BCUT2D eigenvalue weighted by Gasteiger charge is 2.01. The Balaban J connectivity index is 0.00000225. The third-order valence-electron chi connectivity index (χ3n) is 4.63. The molecule has 0 spiro atoms. The summed E-state index contributed by atoms with van der Waals surface area (Å²) in [6.07, 6.45) is 5.09. The summed E-state index contributed by atoms with van der Waals surface area (Å²) >= 11 is 0. The van der Waals surface area contributed by atoms with Gasteiger partial charge in [-0.15, -0.1) is 0 Å². The van der Waals surface area contributed by atoms with Crippen molar-refractivity contribution in [1.82, 2.24) is 0 Å². The fourth-order valence-electron chi connectivity index (χ4n) is 3.04. The van der Waals surface area contributed by atoms with Crippen LogP contribution in [0.3, 0.4) is 0 Å². The SMILES string of the molecule is CCCCCc1ccc(-c2ccc(-c3ccc(C)cc3)cc2)cc1.[HH]. The molecule has 0 saturated heterocycles. The molecule has 0 unspecified atom stereocenters. The van der Waals surface area contributed by atoms with E-state index in [1.807, 2.05) is 0 Å². The highest BCUT2D eigenvalue weighted by atomic mass is 14.1. The molecule has 3 rings (SSSR count). The van der Waals surface area contributed by atoms with Crippen LogP contribution in [0, 0.1) is 6.92 Å². The first-order chi connectivity index (χ1) is 11.8. The van der Waals surface area contributed by atoms with Gasteiger partial charge in [0.25, 0.3) is 0 Å². The third-order valence-corrected chi connectivity index (χ3v) is 4.63. The van der Waals surface area contributed by atoms with Gasteiger partial charge in [-0.1, -0.05) is 98.1 Å². The van der Waals surface area contributed by atoms with E-state index in [9.17, 15) is 0 Å². The zero-order chi connectivity index (χ0) is 16.8. The number of hydrogen-bond donors (Lipinski definition) is 0. The second-order valence-electron chi connectivity index (χ2n) is 6.60. The van der Waals surface area contributed by atoms with E-state index in [4.69, 9.17) is 0 Å². The van der Waals surface area contributed by atoms with Gasteiger partial charge in [-0.2, -0.15) is 0 Å². The Morgan fingerprint density at radius 2 is 1.00 bits per heavy atom. The molecule has 0 N–H and O–H groups in total. The second-order valence-corrected chi connectivity index (χ2v) is 6.60. The van der Waals surface area contributed by atoms with Gasteiger partial charge in [0.1, 0.15) is 0 Å². The van der Waals surface area contributed by atoms with Crippen LogP contribution in [0.25, 0.3) is 22.3 Å². The van der Waals surface area contributed by atoms with Gasteiger partial charge in [-0.05, 0) is 47.6 Å². The molecular formula is C24H28. The maximum absolute atomic E-state index is 2.28. The predicted molar refractivity (Wildman–Crippen MR) is 107 cm³/mol. The second kappa shape index (κ2) is 7.97. The summed E-state index contributed by atoms with van der Waals surface area (Å²) in [7, 11) is 0. The topological polar surface area (TPSA) is 0 Å². The lowest BCUT2D eigenvalue weighted by molar-refractivity contribution is 0.717. The molecule has 0 aliphatic rings. The smallest absolute Gasteiger partial charge is 0 e. The van der Waals surface area contributed by atoms with Crippen LogP contribution in [-0.2, 0) is 6.42 Å². The van der Waals surface area contributed by atoms with E-state index in [1.165, 1.54) is 59.1 Å². The predicted octanol–water partition coefficient (Wildman–Crippen LogP) is 7.31. The monoisotopic (exact) mass is 316 g/mol. The van der Waals surface area contributed by atoms with Crippen LogP contribution in [0.5, 0.6) is 0 Å². The molecule has 0 saturated carbocycles.